The quantitative estimate of drug-likeness (QED) is 0.375. The minimum absolute atomic E-state index is 0.0444. The van der Waals surface area contributed by atoms with Crippen molar-refractivity contribution < 1.29 is 19.2 Å². The molecule has 0 N–H and O–H groups in total. The number of amides is 1. The maximum atomic E-state index is 13.3. The maximum absolute atomic E-state index is 13.3. The summed E-state index contributed by atoms with van der Waals surface area (Å²) in [7, 11) is 1.34. The zero-order chi connectivity index (χ0) is 21.7. The summed E-state index contributed by atoms with van der Waals surface area (Å²) < 4.78 is 4.07. The largest absolute Gasteiger partial charge is 0.468 e. The first-order valence-electron chi connectivity index (χ1n) is 9.77. The van der Waals surface area contributed by atoms with E-state index in [1.165, 1.54) is 31.0 Å². The summed E-state index contributed by atoms with van der Waals surface area (Å²) in [6.07, 6.45) is 1.67. The second-order valence-corrected chi connectivity index (χ2v) is 8.30. The highest BCUT2D eigenvalue weighted by Gasteiger charge is 2.56. The number of unbranched alkanes of at least 4 members (excludes halogenated alkanes) is 1. The number of benzene rings is 2. The van der Waals surface area contributed by atoms with E-state index in [2.05, 4.69) is 0 Å². The molecular weight excluding hydrogens is 404 g/mol. The normalized spacial score (nSPS) is 21.3. The van der Waals surface area contributed by atoms with Gasteiger partial charge in [0.2, 0.25) is 5.91 Å². The van der Waals surface area contributed by atoms with Crippen molar-refractivity contribution in [3.05, 3.63) is 75.8 Å². The van der Waals surface area contributed by atoms with Crippen LogP contribution in [-0.4, -0.2) is 41.1 Å². The fourth-order valence-electron chi connectivity index (χ4n) is 3.84. The molecule has 0 bridgehead atoms. The molecule has 0 radical (unpaired) electrons. The van der Waals surface area contributed by atoms with Crippen molar-refractivity contribution in [1.29, 1.82) is 0 Å². The Balaban J connectivity index is 2.22. The zero-order valence-corrected chi connectivity index (χ0v) is 17.8. The Morgan fingerprint density at radius 1 is 1.23 bits per heavy atom. The summed E-state index contributed by atoms with van der Waals surface area (Å²) in [6.45, 7) is 2.53. The van der Waals surface area contributed by atoms with Gasteiger partial charge < -0.3 is 9.64 Å². The molecule has 8 heteroatoms. The van der Waals surface area contributed by atoms with E-state index in [4.69, 9.17) is 4.74 Å². The highest BCUT2D eigenvalue weighted by atomic mass is 32.2. The number of nitrogens with zero attached hydrogens (tertiary/aromatic N) is 2. The summed E-state index contributed by atoms with van der Waals surface area (Å²) in [6, 6.07) is 14.7. The third-order valence-electron chi connectivity index (χ3n) is 5.30. The fourth-order valence-corrected chi connectivity index (χ4v) is 5.29. The molecule has 1 amide bonds. The highest BCUT2D eigenvalue weighted by Crippen LogP contribution is 2.53. The third-order valence-corrected chi connectivity index (χ3v) is 6.78. The second-order valence-electron chi connectivity index (χ2n) is 7.07. The van der Waals surface area contributed by atoms with E-state index < -0.39 is 21.7 Å². The average molecular weight is 429 g/mol. The molecule has 2 atom stereocenters. The summed E-state index contributed by atoms with van der Waals surface area (Å²) in [5.74, 6) is -0.361. The van der Waals surface area contributed by atoms with E-state index in [1.54, 1.807) is 17.0 Å². The van der Waals surface area contributed by atoms with Gasteiger partial charge in [-0.05, 0) is 17.5 Å². The molecule has 1 saturated heterocycles. The van der Waals surface area contributed by atoms with Crippen LogP contribution in [0.1, 0.15) is 36.9 Å². The predicted molar refractivity (Wildman–Crippen MR) is 115 cm³/mol. The second kappa shape index (κ2) is 9.30. The number of hydrogen-bond acceptors (Lipinski definition) is 6. The summed E-state index contributed by atoms with van der Waals surface area (Å²) in [5, 5.41) is 11.1. The molecule has 0 unspecified atom stereocenters. The Hall–Kier alpha value is -2.87. The number of hydrogen-bond donors (Lipinski definition) is 0. The van der Waals surface area contributed by atoms with Gasteiger partial charge in [-0.2, -0.15) is 0 Å². The van der Waals surface area contributed by atoms with Crippen LogP contribution < -0.4 is 0 Å². The lowest BCUT2D eigenvalue weighted by Gasteiger charge is -2.48. The number of esters is 1. The number of nitro groups is 1. The molecule has 158 valence electrons. The standard InChI is InChI=1S/C22H24N2O5S/c1-3-4-14-23-19(25)15-30-22(21(26)29-2,17-8-6-5-7-9-17)20(23)16-10-12-18(13-11-16)24(27)28/h5-13,20H,3-4,14-15H2,1-2H3/t20-,22-/m1/s1. The Kier molecular flexibility index (Phi) is 6.77. The van der Waals surface area contributed by atoms with Gasteiger partial charge in [0.15, 0.2) is 4.75 Å². The van der Waals surface area contributed by atoms with Crippen molar-refractivity contribution in [1.82, 2.24) is 4.90 Å². The van der Waals surface area contributed by atoms with Crippen LogP contribution in [0, 0.1) is 10.1 Å². The van der Waals surface area contributed by atoms with Crippen LogP contribution in [0.25, 0.3) is 0 Å². The van der Waals surface area contributed by atoms with Gasteiger partial charge in [0.05, 0.1) is 23.8 Å². The van der Waals surface area contributed by atoms with Crippen molar-refractivity contribution in [2.45, 2.75) is 30.6 Å². The molecular formula is C22H24N2O5S. The van der Waals surface area contributed by atoms with Gasteiger partial charge in [0, 0.05) is 18.7 Å². The first-order valence-corrected chi connectivity index (χ1v) is 10.8. The SMILES string of the molecule is CCCCN1C(=O)CS[C@](C(=O)OC)(c2ccccc2)[C@H]1c1ccc([N+](=O)[O-])cc1. The molecule has 0 saturated carbocycles. The number of non-ortho nitro benzene ring substituents is 1. The van der Waals surface area contributed by atoms with E-state index in [0.29, 0.717) is 12.1 Å². The lowest BCUT2D eigenvalue weighted by atomic mass is 9.84. The average Bonchev–Trinajstić information content (AvgIpc) is 2.78. The predicted octanol–water partition coefficient (Wildman–Crippen LogP) is 4.08. The molecule has 0 aliphatic carbocycles. The van der Waals surface area contributed by atoms with Crippen LogP contribution >= 0.6 is 11.8 Å². The number of ether oxygens (including phenoxy) is 1. The number of carbonyl (C=O) groups excluding carboxylic acids is 2. The van der Waals surface area contributed by atoms with Crippen molar-refractivity contribution in [3.63, 3.8) is 0 Å². The molecule has 30 heavy (non-hydrogen) atoms. The Bertz CT molecular complexity index is 919. The molecule has 1 fully saturated rings. The van der Waals surface area contributed by atoms with Gasteiger partial charge in [-0.25, -0.2) is 0 Å². The first-order chi connectivity index (χ1) is 14.5. The Labute approximate surface area is 179 Å². The zero-order valence-electron chi connectivity index (χ0n) is 16.9. The topological polar surface area (TPSA) is 89.8 Å². The lowest BCUT2D eigenvalue weighted by Crippen LogP contribution is -2.54. The molecule has 0 aromatic heterocycles. The molecule has 3 rings (SSSR count). The molecule has 1 heterocycles. The third kappa shape index (κ3) is 3.92. The van der Waals surface area contributed by atoms with Gasteiger partial charge in [-0.15, -0.1) is 11.8 Å². The van der Waals surface area contributed by atoms with Crippen molar-refractivity contribution in [3.8, 4) is 0 Å². The number of methoxy groups -OCH3 is 1. The van der Waals surface area contributed by atoms with Gasteiger partial charge in [-0.1, -0.05) is 55.8 Å². The van der Waals surface area contributed by atoms with E-state index in [9.17, 15) is 19.7 Å². The van der Waals surface area contributed by atoms with Gasteiger partial charge in [0.25, 0.3) is 5.69 Å². The van der Waals surface area contributed by atoms with Gasteiger partial charge >= 0.3 is 5.97 Å². The number of thioether (sulfide) groups is 1. The number of carbonyl (C=O) groups is 2. The van der Waals surface area contributed by atoms with E-state index >= 15 is 0 Å². The van der Waals surface area contributed by atoms with Crippen LogP contribution in [0.4, 0.5) is 5.69 Å². The summed E-state index contributed by atoms with van der Waals surface area (Å²) in [4.78, 5) is 38.6. The fraction of sp³-hybridized carbons (Fsp3) is 0.364. The van der Waals surface area contributed by atoms with Crippen LogP contribution in [0.2, 0.25) is 0 Å². The minimum atomic E-state index is -1.17. The van der Waals surface area contributed by atoms with Crippen molar-refractivity contribution in [2.75, 3.05) is 19.4 Å². The van der Waals surface area contributed by atoms with Crippen molar-refractivity contribution in [2.24, 2.45) is 0 Å². The van der Waals surface area contributed by atoms with E-state index in [-0.39, 0.29) is 17.3 Å². The molecule has 2 aromatic rings. The van der Waals surface area contributed by atoms with Crippen LogP contribution in [-0.2, 0) is 19.1 Å². The minimum Gasteiger partial charge on any atom is -0.468 e. The van der Waals surface area contributed by atoms with Gasteiger partial charge in [-0.3, -0.25) is 19.7 Å². The van der Waals surface area contributed by atoms with Crippen LogP contribution in [0.3, 0.4) is 0 Å². The van der Waals surface area contributed by atoms with Crippen LogP contribution in [0.15, 0.2) is 54.6 Å². The Morgan fingerprint density at radius 2 is 1.90 bits per heavy atom. The smallest absolute Gasteiger partial charge is 0.329 e. The summed E-state index contributed by atoms with van der Waals surface area (Å²) >= 11 is 1.26. The van der Waals surface area contributed by atoms with E-state index in [0.717, 1.165) is 18.4 Å². The van der Waals surface area contributed by atoms with Crippen molar-refractivity contribution >= 4 is 29.3 Å². The maximum Gasteiger partial charge on any atom is 0.329 e. The highest BCUT2D eigenvalue weighted by molar-refractivity contribution is 8.01. The number of rotatable bonds is 7. The van der Waals surface area contributed by atoms with E-state index in [1.807, 2.05) is 37.3 Å². The molecule has 1 aliphatic heterocycles. The number of nitro benzene ring substituents is 1. The molecule has 2 aromatic carbocycles. The molecule has 0 spiro atoms. The van der Waals surface area contributed by atoms with Crippen LogP contribution in [0.5, 0.6) is 0 Å². The molecule has 7 nitrogen and oxygen atoms in total. The lowest BCUT2D eigenvalue weighted by molar-refractivity contribution is -0.384. The monoisotopic (exact) mass is 428 g/mol. The van der Waals surface area contributed by atoms with Gasteiger partial charge in [0.1, 0.15) is 0 Å². The Morgan fingerprint density at radius 3 is 2.47 bits per heavy atom. The summed E-state index contributed by atoms with van der Waals surface area (Å²) in [5.41, 5.74) is 1.35. The molecule has 1 aliphatic rings. The first kappa shape index (κ1) is 21.8.